The minimum Gasteiger partial charge on any atom is -0.384 e. The van der Waals surface area contributed by atoms with E-state index in [1.807, 2.05) is 13.0 Å². The molecular weight excluding hydrogens is 373 g/mol. The van der Waals surface area contributed by atoms with E-state index in [0.717, 1.165) is 50.1 Å². The van der Waals surface area contributed by atoms with E-state index in [0.29, 0.717) is 29.8 Å². The quantitative estimate of drug-likeness (QED) is 0.572. The molecule has 1 saturated heterocycles. The summed E-state index contributed by atoms with van der Waals surface area (Å²) >= 11 is 0. The molecule has 1 fully saturated rings. The van der Waals surface area contributed by atoms with Gasteiger partial charge in [0.05, 0.1) is 29.0 Å². The lowest BCUT2D eigenvalue weighted by atomic mass is 10.1. The molecule has 152 valence electrons. The van der Waals surface area contributed by atoms with E-state index >= 15 is 0 Å². The number of carbonyl (C=O) groups excluding carboxylic acids is 2. The number of piperazine rings is 1. The van der Waals surface area contributed by atoms with Crippen LogP contribution in [0, 0.1) is 12.7 Å². The largest absolute Gasteiger partial charge is 0.384 e. The number of aldehydes is 2. The number of pyridine rings is 1. The minimum absolute atomic E-state index is 0.288. The fourth-order valence-electron chi connectivity index (χ4n) is 3.55. The Morgan fingerprint density at radius 3 is 2.55 bits per heavy atom. The highest BCUT2D eigenvalue weighted by atomic mass is 19.1. The van der Waals surface area contributed by atoms with Gasteiger partial charge in [-0.05, 0) is 25.1 Å². The van der Waals surface area contributed by atoms with Crippen molar-refractivity contribution in [1.29, 1.82) is 0 Å². The first-order valence-electron chi connectivity index (χ1n) is 9.44. The van der Waals surface area contributed by atoms with Crippen LogP contribution in [0.5, 0.6) is 0 Å². The molecule has 0 atom stereocenters. The fraction of sp³-hybridized carbons (Fsp3) is 0.333. The molecule has 1 aromatic heterocycles. The van der Waals surface area contributed by atoms with Crippen molar-refractivity contribution in [3.05, 3.63) is 47.0 Å². The van der Waals surface area contributed by atoms with Crippen LogP contribution in [-0.2, 0) is 11.3 Å². The monoisotopic (exact) mass is 397 g/mol. The molecule has 0 bridgehead atoms. The number of aryl methyl sites for hydroxylation is 1. The van der Waals surface area contributed by atoms with Gasteiger partial charge in [-0.1, -0.05) is 6.07 Å². The third-order valence-electron chi connectivity index (χ3n) is 5.03. The van der Waals surface area contributed by atoms with Gasteiger partial charge in [0.1, 0.15) is 5.69 Å². The van der Waals surface area contributed by atoms with Crippen molar-refractivity contribution in [2.24, 2.45) is 4.99 Å². The van der Waals surface area contributed by atoms with Crippen LogP contribution in [0.25, 0.3) is 0 Å². The molecule has 7 nitrogen and oxygen atoms in total. The summed E-state index contributed by atoms with van der Waals surface area (Å²) in [5, 5.41) is 2.83. The number of aliphatic imine (C=N–C) groups is 1. The van der Waals surface area contributed by atoms with Crippen LogP contribution in [0.4, 0.5) is 21.5 Å². The predicted molar refractivity (Wildman–Crippen MR) is 112 cm³/mol. The molecule has 0 spiro atoms. The topological polar surface area (TPSA) is 77.9 Å². The minimum atomic E-state index is -0.347. The van der Waals surface area contributed by atoms with Gasteiger partial charge >= 0.3 is 0 Å². The molecule has 0 unspecified atom stereocenters. The second kappa shape index (κ2) is 9.38. The summed E-state index contributed by atoms with van der Waals surface area (Å²) in [6.45, 7) is 5.56. The first kappa shape index (κ1) is 20.6. The van der Waals surface area contributed by atoms with Gasteiger partial charge in [-0.25, -0.2) is 9.37 Å². The van der Waals surface area contributed by atoms with E-state index < -0.39 is 0 Å². The van der Waals surface area contributed by atoms with Gasteiger partial charge in [-0.3, -0.25) is 19.5 Å². The molecule has 0 radical (unpaired) electrons. The average Bonchev–Trinajstić information content (AvgIpc) is 2.74. The number of rotatable bonds is 7. The zero-order valence-corrected chi connectivity index (χ0v) is 16.6. The van der Waals surface area contributed by atoms with Crippen LogP contribution < -0.4 is 10.2 Å². The summed E-state index contributed by atoms with van der Waals surface area (Å²) in [6, 6.07) is 7.08. The third-order valence-corrected chi connectivity index (χ3v) is 5.03. The van der Waals surface area contributed by atoms with Crippen molar-refractivity contribution < 1.29 is 14.0 Å². The number of aromatic nitrogens is 1. The van der Waals surface area contributed by atoms with Gasteiger partial charge in [0.2, 0.25) is 0 Å². The number of benzene rings is 1. The van der Waals surface area contributed by atoms with Crippen molar-refractivity contribution in [3.8, 4) is 0 Å². The molecular formula is C21H24FN5O2. The van der Waals surface area contributed by atoms with Gasteiger partial charge in [-0.2, -0.15) is 0 Å². The predicted octanol–water partition coefficient (Wildman–Crippen LogP) is 2.61. The van der Waals surface area contributed by atoms with E-state index in [4.69, 9.17) is 0 Å². The number of nitrogens with zero attached hydrogens (tertiary/aromatic N) is 4. The molecule has 1 aromatic carbocycles. The molecule has 0 saturated carbocycles. The first-order valence-corrected chi connectivity index (χ1v) is 9.44. The molecule has 1 aliphatic rings. The Kier molecular flexibility index (Phi) is 6.66. The summed E-state index contributed by atoms with van der Waals surface area (Å²) < 4.78 is 14.9. The Bertz CT molecular complexity index is 924. The Balaban J connectivity index is 1.67. The molecule has 0 aliphatic carbocycles. The Morgan fingerprint density at radius 2 is 1.93 bits per heavy atom. The van der Waals surface area contributed by atoms with E-state index in [-0.39, 0.29) is 11.5 Å². The maximum atomic E-state index is 14.9. The number of hydrogen-bond donors (Lipinski definition) is 1. The van der Waals surface area contributed by atoms with Gasteiger partial charge in [-0.15, -0.1) is 0 Å². The molecule has 2 heterocycles. The van der Waals surface area contributed by atoms with Crippen molar-refractivity contribution >= 4 is 35.8 Å². The highest BCUT2D eigenvalue weighted by Gasteiger charge is 2.21. The molecule has 2 aromatic rings. The summed E-state index contributed by atoms with van der Waals surface area (Å²) in [4.78, 5) is 34.1. The summed E-state index contributed by atoms with van der Waals surface area (Å²) in [6.07, 6.45) is 2.42. The SMILES string of the molecule is CNc1c(/N=C\C=O)ccc(CN2CCN(c3ccc(C=O)nc3C)CC2)c1F. The Labute approximate surface area is 169 Å². The zero-order chi connectivity index (χ0) is 20.8. The second-order valence-electron chi connectivity index (χ2n) is 6.82. The summed E-state index contributed by atoms with van der Waals surface area (Å²) in [7, 11) is 1.63. The van der Waals surface area contributed by atoms with Crippen molar-refractivity contribution in [1.82, 2.24) is 9.88 Å². The number of carbonyl (C=O) groups is 2. The van der Waals surface area contributed by atoms with E-state index in [1.54, 1.807) is 25.2 Å². The lowest BCUT2D eigenvalue weighted by Gasteiger charge is -2.36. The molecule has 1 N–H and O–H groups in total. The molecule has 8 heteroatoms. The van der Waals surface area contributed by atoms with E-state index in [1.165, 1.54) is 0 Å². The Morgan fingerprint density at radius 1 is 1.17 bits per heavy atom. The van der Waals surface area contributed by atoms with E-state index in [9.17, 15) is 14.0 Å². The lowest BCUT2D eigenvalue weighted by Crippen LogP contribution is -2.46. The molecule has 0 amide bonds. The van der Waals surface area contributed by atoms with Crippen molar-refractivity contribution in [3.63, 3.8) is 0 Å². The van der Waals surface area contributed by atoms with Crippen LogP contribution in [0.1, 0.15) is 21.7 Å². The normalized spacial score (nSPS) is 14.9. The smallest absolute Gasteiger partial charge is 0.168 e. The second-order valence-corrected chi connectivity index (χ2v) is 6.82. The maximum absolute atomic E-state index is 14.9. The van der Waals surface area contributed by atoms with Gasteiger partial charge in [0, 0.05) is 45.3 Å². The van der Waals surface area contributed by atoms with Crippen LogP contribution >= 0.6 is 0 Å². The summed E-state index contributed by atoms with van der Waals surface area (Å²) in [5.74, 6) is -0.347. The van der Waals surface area contributed by atoms with Gasteiger partial charge < -0.3 is 10.2 Å². The first-order chi connectivity index (χ1) is 14.1. The zero-order valence-electron chi connectivity index (χ0n) is 16.6. The van der Waals surface area contributed by atoms with Gasteiger partial charge in [0.15, 0.2) is 18.4 Å². The van der Waals surface area contributed by atoms with Crippen molar-refractivity contribution in [2.45, 2.75) is 13.5 Å². The lowest BCUT2D eigenvalue weighted by molar-refractivity contribution is -0.102. The highest BCUT2D eigenvalue weighted by Crippen LogP contribution is 2.30. The van der Waals surface area contributed by atoms with Crippen molar-refractivity contribution in [2.75, 3.05) is 43.4 Å². The average molecular weight is 397 g/mol. The fourth-order valence-corrected chi connectivity index (χ4v) is 3.55. The molecule has 1 aliphatic heterocycles. The van der Waals surface area contributed by atoms with Gasteiger partial charge in [0.25, 0.3) is 0 Å². The van der Waals surface area contributed by atoms with Crippen LogP contribution in [0.3, 0.4) is 0 Å². The third kappa shape index (κ3) is 4.65. The number of anilines is 2. The van der Waals surface area contributed by atoms with Crippen LogP contribution in [0.15, 0.2) is 29.3 Å². The number of nitrogens with one attached hydrogen (secondary N) is 1. The van der Waals surface area contributed by atoms with Crippen LogP contribution in [-0.4, -0.2) is 61.9 Å². The number of hydrogen-bond acceptors (Lipinski definition) is 7. The standard InChI is InChI=1S/C21H24FN5O2/c1-15-19(6-4-17(14-29)25-15)27-10-8-26(9-11-27)13-16-3-5-18(24-7-12-28)21(23-2)20(16)22/h3-7,12,14,23H,8-11,13H2,1-2H3/b24-7-. The molecule has 29 heavy (non-hydrogen) atoms. The van der Waals surface area contributed by atoms with Crippen LogP contribution in [0.2, 0.25) is 0 Å². The maximum Gasteiger partial charge on any atom is 0.168 e. The Hall–Kier alpha value is -3.13. The number of halogens is 1. The van der Waals surface area contributed by atoms with E-state index in [2.05, 4.69) is 25.1 Å². The highest BCUT2D eigenvalue weighted by molar-refractivity contribution is 6.14. The summed E-state index contributed by atoms with van der Waals surface area (Å²) in [5.41, 5.74) is 3.56. The molecule has 3 rings (SSSR count).